The van der Waals surface area contributed by atoms with Crippen LogP contribution in [0.2, 0.25) is 0 Å². The van der Waals surface area contributed by atoms with Gasteiger partial charge in [0.15, 0.2) is 6.61 Å². The molecule has 2 rings (SSSR count). The molecular formula is C14H18N2O2. The predicted octanol–water partition coefficient (Wildman–Crippen LogP) is 3.33. The third-order valence-electron chi connectivity index (χ3n) is 2.70. The second kappa shape index (κ2) is 5.67. The summed E-state index contributed by atoms with van der Waals surface area (Å²) in [5.74, 6) is 2.47. The third-order valence-corrected chi connectivity index (χ3v) is 2.70. The van der Waals surface area contributed by atoms with Crippen molar-refractivity contribution in [2.24, 2.45) is 0 Å². The minimum Gasteiger partial charge on any atom is -0.484 e. The van der Waals surface area contributed by atoms with Crippen molar-refractivity contribution in [3.8, 4) is 5.75 Å². The number of hydrogen-bond acceptors (Lipinski definition) is 4. The fourth-order valence-electron chi connectivity index (χ4n) is 1.72. The van der Waals surface area contributed by atoms with Gasteiger partial charge in [0.25, 0.3) is 5.89 Å². The van der Waals surface area contributed by atoms with E-state index in [-0.39, 0.29) is 0 Å². The molecule has 4 nitrogen and oxygen atoms in total. The Balaban J connectivity index is 2.05. The topological polar surface area (TPSA) is 48.2 Å². The summed E-state index contributed by atoms with van der Waals surface area (Å²) in [5, 5.41) is 7.84. The van der Waals surface area contributed by atoms with E-state index < -0.39 is 0 Å². The first-order valence-electron chi connectivity index (χ1n) is 6.23. The molecule has 0 spiro atoms. The SMILES string of the molecule is CCc1nnc(COc2ccccc2C(C)C)o1. The quantitative estimate of drug-likeness (QED) is 0.811. The van der Waals surface area contributed by atoms with Gasteiger partial charge in [0, 0.05) is 6.42 Å². The van der Waals surface area contributed by atoms with Gasteiger partial charge in [0.1, 0.15) is 5.75 Å². The van der Waals surface area contributed by atoms with Crippen LogP contribution in [0.15, 0.2) is 28.7 Å². The molecule has 0 aliphatic rings. The number of benzene rings is 1. The molecule has 1 aromatic carbocycles. The highest BCUT2D eigenvalue weighted by Crippen LogP contribution is 2.26. The molecule has 4 heteroatoms. The van der Waals surface area contributed by atoms with Crippen LogP contribution in [-0.4, -0.2) is 10.2 Å². The highest BCUT2D eigenvalue weighted by molar-refractivity contribution is 5.35. The zero-order valence-electron chi connectivity index (χ0n) is 11.0. The maximum absolute atomic E-state index is 5.75. The lowest BCUT2D eigenvalue weighted by molar-refractivity contribution is 0.256. The Kier molecular flexibility index (Phi) is 3.97. The first kappa shape index (κ1) is 12.6. The van der Waals surface area contributed by atoms with Crippen molar-refractivity contribution < 1.29 is 9.15 Å². The van der Waals surface area contributed by atoms with Gasteiger partial charge in [-0.3, -0.25) is 0 Å². The maximum Gasteiger partial charge on any atom is 0.253 e. The van der Waals surface area contributed by atoms with Crippen molar-refractivity contribution >= 4 is 0 Å². The van der Waals surface area contributed by atoms with Crippen molar-refractivity contribution in [3.05, 3.63) is 41.6 Å². The van der Waals surface area contributed by atoms with E-state index in [1.54, 1.807) is 0 Å². The van der Waals surface area contributed by atoms with E-state index in [0.717, 1.165) is 12.2 Å². The molecule has 96 valence electrons. The average molecular weight is 246 g/mol. The summed E-state index contributed by atoms with van der Waals surface area (Å²) in [6.45, 7) is 6.58. The summed E-state index contributed by atoms with van der Waals surface area (Å²) >= 11 is 0. The van der Waals surface area contributed by atoms with E-state index in [1.165, 1.54) is 5.56 Å². The molecule has 0 aliphatic carbocycles. The zero-order chi connectivity index (χ0) is 13.0. The van der Waals surface area contributed by atoms with Gasteiger partial charge in [-0.05, 0) is 17.5 Å². The summed E-state index contributed by atoms with van der Waals surface area (Å²) in [4.78, 5) is 0. The van der Waals surface area contributed by atoms with Crippen molar-refractivity contribution in [1.82, 2.24) is 10.2 Å². The Morgan fingerprint density at radius 2 is 1.89 bits per heavy atom. The Hall–Kier alpha value is -1.84. The lowest BCUT2D eigenvalue weighted by Gasteiger charge is -2.12. The molecule has 0 N–H and O–H groups in total. The highest BCUT2D eigenvalue weighted by Gasteiger charge is 2.09. The van der Waals surface area contributed by atoms with Crippen LogP contribution in [0.25, 0.3) is 0 Å². The average Bonchev–Trinajstić information content (AvgIpc) is 2.84. The fourth-order valence-corrected chi connectivity index (χ4v) is 1.72. The van der Waals surface area contributed by atoms with E-state index in [4.69, 9.17) is 9.15 Å². The predicted molar refractivity (Wildman–Crippen MR) is 68.5 cm³/mol. The zero-order valence-corrected chi connectivity index (χ0v) is 11.0. The molecule has 0 saturated heterocycles. The fraction of sp³-hybridized carbons (Fsp3) is 0.429. The number of ether oxygens (including phenoxy) is 1. The summed E-state index contributed by atoms with van der Waals surface area (Å²) in [6, 6.07) is 8.02. The molecule has 18 heavy (non-hydrogen) atoms. The van der Waals surface area contributed by atoms with Crippen molar-refractivity contribution in [2.75, 3.05) is 0 Å². The summed E-state index contributed by atoms with van der Waals surface area (Å²) in [6.07, 6.45) is 0.746. The minimum absolute atomic E-state index is 0.316. The van der Waals surface area contributed by atoms with Gasteiger partial charge in [-0.15, -0.1) is 10.2 Å². The van der Waals surface area contributed by atoms with Crippen LogP contribution in [-0.2, 0) is 13.0 Å². The lowest BCUT2D eigenvalue weighted by Crippen LogP contribution is -2.00. The van der Waals surface area contributed by atoms with Crippen LogP contribution in [0.1, 0.15) is 44.0 Å². The van der Waals surface area contributed by atoms with Crippen LogP contribution in [0.4, 0.5) is 0 Å². The number of nitrogens with zero attached hydrogens (tertiary/aromatic N) is 2. The van der Waals surface area contributed by atoms with E-state index in [0.29, 0.717) is 24.3 Å². The van der Waals surface area contributed by atoms with E-state index in [9.17, 15) is 0 Å². The normalized spacial score (nSPS) is 10.9. The molecule has 1 heterocycles. The Morgan fingerprint density at radius 1 is 1.17 bits per heavy atom. The van der Waals surface area contributed by atoms with Gasteiger partial charge in [-0.1, -0.05) is 39.0 Å². The van der Waals surface area contributed by atoms with Crippen molar-refractivity contribution in [2.45, 2.75) is 39.7 Å². The number of aromatic nitrogens is 2. The van der Waals surface area contributed by atoms with Crippen molar-refractivity contribution in [3.63, 3.8) is 0 Å². The first-order valence-corrected chi connectivity index (χ1v) is 6.23. The molecular weight excluding hydrogens is 228 g/mol. The third kappa shape index (κ3) is 2.88. The first-order chi connectivity index (χ1) is 8.70. The number of aryl methyl sites for hydroxylation is 1. The Morgan fingerprint density at radius 3 is 2.56 bits per heavy atom. The Labute approximate surface area is 107 Å². The summed E-state index contributed by atoms with van der Waals surface area (Å²) in [7, 11) is 0. The van der Waals surface area contributed by atoms with Gasteiger partial charge >= 0.3 is 0 Å². The molecule has 0 amide bonds. The van der Waals surface area contributed by atoms with Crippen LogP contribution >= 0.6 is 0 Å². The van der Waals surface area contributed by atoms with Gasteiger partial charge in [0.2, 0.25) is 5.89 Å². The van der Waals surface area contributed by atoms with Crippen molar-refractivity contribution in [1.29, 1.82) is 0 Å². The lowest BCUT2D eigenvalue weighted by atomic mass is 10.0. The largest absolute Gasteiger partial charge is 0.484 e. The van der Waals surface area contributed by atoms with E-state index >= 15 is 0 Å². The summed E-state index contributed by atoms with van der Waals surface area (Å²) < 4.78 is 11.2. The van der Waals surface area contributed by atoms with Gasteiger partial charge < -0.3 is 9.15 Å². The molecule has 2 aromatic rings. The standard InChI is InChI=1S/C14H18N2O2/c1-4-13-15-16-14(18-13)9-17-12-8-6-5-7-11(12)10(2)3/h5-8,10H,4,9H2,1-3H3. The second-order valence-electron chi connectivity index (χ2n) is 4.42. The molecule has 1 aromatic heterocycles. The second-order valence-corrected chi connectivity index (χ2v) is 4.42. The smallest absolute Gasteiger partial charge is 0.253 e. The molecule has 0 atom stereocenters. The number of rotatable bonds is 5. The van der Waals surface area contributed by atoms with Crippen LogP contribution < -0.4 is 4.74 Å². The van der Waals surface area contributed by atoms with Gasteiger partial charge in [-0.2, -0.15) is 0 Å². The molecule has 0 radical (unpaired) electrons. The van der Waals surface area contributed by atoms with Crippen LogP contribution in [0, 0.1) is 0 Å². The molecule has 0 fully saturated rings. The van der Waals surface area contributed by atoms with Gasteiger partial charge in [-0.25, -0.2) is 0 Å². The monoisotopic (exact) mass is 246 g/mol. The molecule has 0 saturated carbocycles. The molecule has 0 bridgehead atoms. The van der Waals surface area contributed by atoms with Crippen LogP contribution in [0.5, 0.6) is 5.75 Å². The molecule has 0 aliphatic heterocycles. The maximum atomic E-state index is 5.75. The van der Waals surface area contributed by atoms with Gasteiger partial charge in [0.05, 0.1) is 0 Å². The summed E-state index contributed by atoms with van der Waals surface area (Å²) in [5.41, 5.74) is 1.19. The highest BCUT2D eigenvalue weighted by atomic mass is 16.5. The number of hydrogen-bond donors (Lipinski definition) is 0. The molecule has 0 unspecified atom stereocenters. The van der Waals surface area contributed by atoms with E-state index in [2.05, 4.69) is 30.1 Å². The number of para-hydroxylation sites is 1. The Bertz CT molecular complexity index is 506. The minimum atomic E-state index is 0.316. The van der Waals surface area contributed by atoms with E-state index in [1.807, 2.05) is 25.1 Å². The van der Waals surface area contributed by atoms with Crippen LogP contribution in [0.3, 0.4) is 0 Å².